The maximum atomic E-state index is 5.54. The van der Waals surface area contributed by atoms with Crippen molar-refractivity contribution in [2.75, 3.05) is 19.3 Å². The molecule has 3 heteroatoms. The third-order valence-corrected chi connectivity index (χ3v) is 3.14. The van der Waals surface area contributed by atoms with Gasteiger partial charge in [0.05, 0.1) is 6.54 Å². The molecule has 0 fully saturated rings. The van der Waals surface area contributed by atoms with Crippen LogP contribution in [0, 0.1) is 12.8 Å². The fraction of sp³-hybridized carbons (Fsp3) is 0.667. The number of thiol groups is 1. The lowest BCUT2D eigenvalue weighted by atomic mass is 10.1. The molecule has 86 valence electrons. The molecule has 1 heterocycles. The van der Waals surface area contributed by atoms with E-state index >= 15 is 0 Å². The Balaban J connectivity index is 2.38. The Labute approximate surface area is 98.1 Å². The molecule has 0 amide bonds. The zero-order valence-corrected chi connectivity index (χ0v) is 10.8. The molecule has 0 bridgehead atoms. The fourth-order valence-electron chi connectivity index (χ4n) is 1.66. The van der Waals surface area contributed by atoms with Gasteiger partial charge in [-0.3, -0.25) is 4.90 Å². The summed E-state index contributed by atoms with van der Waals surface area (Å²) in [5.41, 5.74) is 0. The summed E-state index contributed by atoms with van der Waals surface area (Å²) in [4.78, 5) is 2.29. The SMILES string of the molecule is CCC(CS)CN(C)Cc1ccc(C)o1. The van der Waals surface area contributed by atoms with Gasteiger partial charge in [0.1, 0.15) is 11.5 Å². The maximum Gasteiger partial charge on any atom is 0.118 e. The first kappa shape index (κ1) is 12.7. The highest BCUT2D eigenvalue weighted by Gasteiger charge is 2.09. The van der Waals surface area contributed by atoms with Gasteiger partial charge in [-0.15, -0.1) is 0 Å². The lowest BCUT2D eigenvalue weighted by Crippen LogP contribution is -2.25. The van der Waals surface area contributed by atoms with Gasteiger partial charge < -0.3 is 4.42 Å². The van der Waals surface area contributed by atoms with Crippen LogP contribution in [-0.2, 0) is 6.54 Å². The van der Waals surface area contributed by atoms with Crippen molar-refractivity contribution in [3.63, 3.8) is 0 Å². The highest BCUT2D eigenvalue weighted by molar-refractivity contribution is 7.80. The second-order valence-corrected chi connectivity index (χ2v) is 4.53. The summed E-state index contributed by atoms with van der Waals surface area (Å²) in [6.45, 7) is 6.16. The van der Waals surface area contributed by atoms with Crippen LogP contribution in [0.2, 0.25) is 0 Å². The van der Waals surface area contributed by atoms with E-state index in [1.54, 1.807) is 0 Å². The Morgan fingerprint density at radius 3 is 2.67 bits per heavy atom. The van der Waals surface area contributed by atoms with E-state index < -0.39 is 0 Å². The lowest BCUT2D eigenvalue weighted by Gasteiger charge is -2.20. The molecule has 15 heavy (non-hydrogen) atoms. The largest absolute Gasteiger partial charge is 0.465 e. The normalized spacial score (nSPS) is 13.4. The van der Waals surface area contributed by atoms with Gasteiger partial charge in [0, 0.05) is 6.54 Å². The van der Waals surface area contributed by atoms with Crippen LogP contribution in [-0.4, -0.2) is 24.2 Å². The van der Waals surface area contributed by atoms with Crippen molar-refractivity contribution in [2.24, 2.45) is 5.92 Å². The minimum atomic E-state index is 0.675. The standard InChI is InChI=1S/C12H21NOS/c1-4-11(9-15)7-13(3)8-12-6-5-10(2)14-12/h5-6,11,15H,4,7-9H2,1-3H3. The van der Waals surface area contributed by atoms with Crippen LogP contribution in [0.15, 0.2) is 16.5 Å². The molecule has 0 spiro atoms. The van der Waals surface area contributed by atoms with Crippen LogP contribution in [0.4, 0.5) is 0 Å². The Morgan fingerprint density at radius 1 is 1.47 bits per heavy atom. The molecule has 1 unspecified atom stereocenters. The van der Waals surface area contributed by atoms with E-state index in [9.17, 15) is 0 Å². The summed E-state index contributed by atoms with van der Waals surface area (Å²) < 4.78 is 5.54. The van der Waals surface area contributed by atoms with Crippen molar-refractivity contribution in [1.82, 2.24) is 4.90 Å². The van der Waals surface area contributed by atoms with E-state index in [4.69, 9.17) is 4.42 Å². The Bertz CT molecular complexity index is 281. The predicted molar refractivity (Wildman–Crippen MR) is 67.4 cm³/mol. The van der Waals surface area contributed by atoms with Gasteiger partial charge in [-0.25, -0.2) is 0 Å². The summed E-state index contributed by atoms with van der Waals surface area (Å²) in [5.74, 6) is 3.66. The summed E-state index contributed by atoms with van der Waals surface area (Å²) in [6.07, 6.45) is 1.19. The molecular formula is C12H21NOS. The fourth-order valence-corrected chi connectivity index (χ4v) is 2.03. The Kier molecular flexibility index (Phi) is 5.26. The number of nitrogens with zero attached hydrogens (tertiary/aromatic N) is 1. The molecule has 0 N–H and O–H groups in total. The highest BCUT2D eigenvalue weighted by atomic mass is 32.1. The number of furan rings is 1. The molecule has 1 atom stereocenters. The monoisotopic (exact) mass is 227 g/mol. The van der Waals surface area contributed by atoms with E-state index in [1.165, 1.54) is 6.42 Å². The van der Waals surface area contributed by atoms with Gasteiger partial charge in [0.15, 0.2) is 0 Å². The third-order valence-electron chi connectivity index (χ3n) is 2.63. The van der Waals surface area contributed by atoms with E-state index in [0.717, 1.165) is 30.4 Å². The van der Waals surface area contributed by atoms with Gasteiger partial charge in [-0.2, -0.15) is 12.6 Å². The maximum absolute atomic E-state index is 5.54. The quantitative estimate of drug-likeness (QED) is 0.752. The van der Waals surface area contributed by atoms with Crippen LogP contribution in [0.5, 0.6) is 0 Å². The van der Waals surface area contributed by atoms with Crippen molar-refractivity contribution in [2.45, 2.75) is 26.8 Å². The first-order valence-electron chi connectivity index (χ1n) is 5.50. The summed E-state index contributed by atoms with van der Waals surface area (Å²) in [7, 11) is 2.13. The zero-order valence-electron chi connectivity index (χ0n) is 9.86. The Hall–Kier alpha value is -0.410. The van der Waals surface area contributed by atoms with Gasteiger partial charge >= 0.3 is 0 Å². The molecule has 0 aliphatic rings. The van der Waals surface area contributed by atoms with E-state index in [0.29, 0.717) is 5.92 Å². The first-order valence-corrected chi connectivity index (χ1v) is 6.13. The lowest BCUT2D eigenvalue weighted by molar-refractivity contribution is 0.255. The van der Waals surface area contributed by atoms with Crippen LogP contribution in [0.25, 0.3) is 0 Å². The van der Waals surface area contributed by atoms with Crippen molar-refractivity contribution in [3.8, 4) is 0 Å². The molecule has 0 aromatic carbocycles. The molecular weight excluding hydrogens is 206 g/mol. The van der Waals surface area contributed by atoms with E-state index in [-0.39, 0.29) is 0 Å². The number of aryl methyl sites for hydroxylation is 1. The first-order chi connectivity index (χ1) is 7.15. The van der Waals surface area contributed by atoms with E-state index in [2.05, 4.69) is 31.5 Å². The molecule has 0 aliphatic carbocycles. The summed E-state index contributed by atoms with van der Waals surface area (Å²) in [5, 5.41) is 0. The smallest absolute Gasteiger partial charge is 0.118 e. The molecule has 0 saturated carbocycles. The summed E-state index contributed by atoms with van der Waals surface area (Å²) in [6, 6.07) is 4.06. The van der Waals surface area contributed by atoms with Crippen molar-refractivity contribution in [3.05, 3.63) is 23.7 Å². The minimum Gasteiger partial charge on any atom is -0.465 e. The predicted octanol–water partition coefficient (Wildman–Crippen LogP) is 2.98. The molecule has 0 aliphatic heterocycles. The highest BCUT2D eigenvalue weighted by Crippen LogP contribution is 2.11. The van der Waals surface area contributed by atoms with Crippen LogP contribution in [0.1, 0.15) is 24.9 Å². The molecule has 2 nitrogen and oxygen atoms in total. The van der Waals surface area contributed by atoms with Crippen LogP contribution >= 0.6 is 12.6 Å². The van der Waals surface area contributed by atoms with Crippen LogP contribution in [0.3, 0.4) is 0 Å². The van der Waals surface area contributed by atoms with Gasteiger partial charge in [0.25, 0.3) is 0 Å². The average molecular weight is 227 g/mol. The number of rotatable bonds is 6. The molecule has 1 rings (SSSR count). The molecule has 0 radical (unpaired) electrons. The van der Waals surface area contributed by atoms with Gasteiger partial charge in [0.2, 0.25) is 0 Å². The molecule has 1 aromatic rings. The minimum absolute atomic E-state index is 0.675. The van der Waals surface area contributed by atoms with Gasteiger partial charge in [-0.05, 0) is 37.8 Å². The summed E-state index contributed by atoms with van der Waals surface area (Å²) >= 11 is 4.35. The number of hydrogen-bond donors (Lipinski definition) is 1. The molecule has 0 saturated heterocycles. The van der Waals surface area contributed by atoms with Crippen molar-refractivity contribution >= 4 is 12.6 Å². The van der Waals surface area contributed by atoms with Crippen LogP contribution < -0.4 is 0 Å². The second kappa shape index (κ2) is 6.23. The topological polar surface area (TPSA) is 16.4 Å². The Morgan fingerprint density at radius 2 is 2.20 bits per heavy atom. The van der Waals surface area contributed by atoms with Gasteiger partial charge in [-0.1, -0.05) is 13.3 Å². The molecule has 1 aromatic heterocycles. The average Bonchev–Trinajstić information content (AvgIpc) is 2.60. The van der Waals surface area contributed by atoms with Crippen molar-refractivity contribution in [1.29, 1.82) is 0 Å². The number of hydrogen-bond acceptors (Lipinski definition) is 3. The van der Waals surface area contributed by atoms with Crippen molar-refractivity contribution < 1.29 is 4.42 Å². The third kappa shape index (κ3) is 4.31. The zero-order chi connectivity index (χ0) is 11.3. The van der Waals surface area contributed by atoms with E-state index in [1.807, 2.05) is 19.1 Å². The second-order valence-electron chi connectivity index (χ2n) is 4.17.